The number of aromatic amines is 1. The molecule has 0 aliphatic rings. The number of aromatic nitrogens is 4. The van der Waals surface area contributed by atoms with Crippen LogP contribution in [0.2, 0.25) is 0 Å². The highest BCUT2D eigenvalue weighted by Gasteiger charge is 2.06. The third-order valence-electron chi connectivity index (χ3n) is 2.18. The third-order valence-corrected chi connectivity index (χ3v) is 2.18. The molecule has 0 amide bonds. The molecule has 0 aliphatic heterocycles. The Balaban J connectivity index is 2.19. The molecule has 2 aromatic rings. The highest BCUT2D eigenvalue weighted by Crippen LogP contribution is 2.01. The number of rotatable bonds is 4. The summed E-state index contributed by atoms with van der Waals surface area (Å²) < 4.78 is 6.30. The van der Waals surface area contributed by atoms with Crippen molar-refractivity contribution >= 4 is 0 Å². The van der Waals surface area contributed by atoms with Gasteiger partial charge in [0.25, 0.3) is 5.56 Å². The molecule has 7 heteroatoms. The molecule has 1 N–H and O–H groups in total. The van der Waals surface area contributed by atoms with E-state index >= 15 is 0 Å². The average molecular weight is 236 g/mol. The predicted octanol–water partition coefficient (Wildman–Crippen LogP) is -0.0796. The molecule has 0 unspecified atom stereocenters. The van der Waals surface area contributed by atoms with Gasteiger partial charge in [-0.1, -0.05) is 12.1 Å². The number of nitrogens with one attached hydrogen (secondary N) is 1. The van der Waals surface area contributed by atoms with Gasteiger partial charge in [-0.05, 0) is 6.42 Å². The average Bonchev–Trinajstić information content (AvgIpc) is 2.71. The summed E-state index contributed by atoms with van der Waals surface area (Å²) in [6.45, 7) is 2.19. The fourth-order valence-corrected chi connectivity index (χ4v) is 1.39. The molecule has 0 aliphatic carbocycles. The van der Waals surface area contributed by atoms with Gasteiger partial charge in [-0.25, -0.2) is 4.79 Å². The number of aryl methyl sites for hydroxylation is 1. The second-order valence-electron chi connectivity index (χ2n) is 3.59. The third kappa shape index (κ3) is 2.68. The number of hydrogen-bond acceptors (Lipinski definition) is 5. The van der Waals surface area contributed by atoms with Gasteiger partial charge < -0.3 is 4.52 Å². The lowest BCUT2D eigenvalue weighted by Crippen LogP contribution is -2.29. The fourth-order valence-electron chi connectivity index (χ4n) is 1.39. The first-order valence-corrected chi connectivity index (χ1v) is 5.30. The van der Waals surface area contributed by atoms with E-state index in [4.69, 9.17) is 4.52 Å². The largest absolute Gasteiger partial charge is 0.339 e. The molecule has 2 heterocycles. The van der Waals surface area contributed by atoms with Gasteiger partial charge in [-0.3, -0.25) is 14.3 Å². The van der Waals surface area contributed by atoms with E-state index in [2.05, 4.69) is 15.1 Å². The van der Waals surface area contributed by atoms with Gasteiger partial charge in [-0.15, -0.1) is 0 Å². The van der Waals surface area contributed by atoms with Gasteiger partial charge in [0.1, 0.15) is 0 Å². The molecule has 90 valence electrons. The van der Waals surface area contributed by atoms with E-state index in [1.807, 2.05) is 6.92 Å². The van der Waals surface area contributed by atoms with E-state index in [0.717, 1.165) is 6.42 Å². The Labute approximate surface area is 96.1 Å². The van der Waals surface area contributed by atoms with E-state index in [1.54, 1.807) is 0 Å². The molecule has 0 saturated carbocycles. The van der Waals surface area contributed by atoms with Crippen LogP contribution in [0, 0.1) is 0 Å². The molecule has 7 nitrogen and oxygen atoms in total. The molecule has 17 heavy (non-hydrogen) atoms. The Morgan fingerprint density at radius 1 is 1.47 bits per heavy atom. The first-order chi connectivity index (χ1) is 8.19. The molecule has 0 radical (unpaired) electrons. The maximum absolute atomic E-state index is 11.4. The molecular formula is C10H12N4O3. The second-order valence-corrected chi connectivity index (χ2v) is 3.59. The van der Waals surface area contributed by atoms with Crippen molar-refractivity contribution in [3.8, 4) is 0 Å². The Morgan fingerprint density at radius 3 is 3.00 bits per heavy atom. The minimum absolute atomic E-state index is 0.183. The van der Waals surface area contributed by atoms with Crippen LogP contribution in [0.5, 0.6) is 0 Å². The van der Waals surface area contributed by atoms with Crippen molar-refractivity contribution in [2.75, 3.05) is 0 Å². The summed E-state index contributed by atoms with van der Waals surface area (Å²) in [7, 11) is 0. The van der Waals surface area contributed by atoms with E-state index in [0.29, 0.717) is 18.1 Å². The van der Waals surface area contributed by atoms with Crippen molar-refractivity contribution in [3.05, 3.63) is 44.8 Å². The van der Waals surface area contributed by atoms with Crippen molar-refractivity contribution in [1.82, 2.24) is 19.7 Å². The molecule has 0 bridgehead atoms. The Bertz CT molecular complexity index is 610. The highest BCUT2D eigenvalue weighted by atomic mass is 16.5. The summed E-state index contributed by atoms with van der Waals surface area (Å²) >= 11 is 0. The molecule has 0 atom stereocenters. The Morgan fingerprint density at radius 2 is 2.29 bits per heavy atom. The normalized spacial score (nSPS) is 10.6. The topological polar surface area (TPSA) is 93.8 Å². The molecule has 0 saturated heterocycles. The smallest absolute Gasteiger partial charge is 0.328 e. The summed E-state index contributed by atoms with van der Waals surface area (Å²) in [6, 6.07) is 1.27. The van der Waals surface area contributed by atoms with Crippen molar-refractivity contribution < 1.29 is 4.52 Å². The zero-order valence-electron chi connectivity index (χ0n) is 9.34. The summed E-state index contributed by atoms with van der Waals surface area (Å²) in [4.78, 5) is 28.5. The molecule has 0 spiro atoms. The molecule has 0 aromatic carbocycles. The number of H-pyrrole nitrogens is 1. The molecule has 2 aromatic heterocycles. The van der Waals surface area contributed by atoms with Crippen LogP contribution in [0.25, 0.3) is 0 Å². The van der Waals surface area contributed by atoms with Crippen LogP contribution in [0.1, 0.15) is 25.1 Å². The SMILES string of the molecule is CCCc1nc(Cn2ccc(=O)[nH]c2=O)no1. The molecular weight excluding hydrogens is 224 g/mol. The van der Waals surface area contributed by atoms with Crippen LogP contribution in [0.15, 0.2) is 26.4 Å². The summed E-state index contributed by atoms with van der Waals surface area (Å²) in [5.74, 6) is 0.975. The van der Waals surface area contributed by atoms with Crippen LogP contribution in [-0.2, 0) is 13.0 Å². The van der Waals surface area contributed by atoms with E-state index < -0.39 is 11.2 Å². The van der Waals surface area contributed by atoms with E-state index in [9.17, 15) is 9.59 Å². The first-order valence-electron chi connectivity index (χ1n) is 5.30. The lowest BCUT2D eigenvalue weighted by atomic mass is 10.3. The van der Waals surface area contributed by atoms with Crippen LogP contribution < -0.4 is 11.2 Å². The maximum atomic E-state index is 11.4. The zero-order chi connectivity index (χ0) is 12.3. The zero-order valence-corrected chi connectivity index (χ0v) is 9.34. The van der Waals surface area contributed by atoms with Gasteiger partial charge in [0.05, 0.1) is 6.54 Å². The van der Waals surface area contributed by atoms with Crippen LogP contribution in [0.4, 0.5) is 0 Å². The Hall–Kier alpha value is -2.18. The monoisotopic (exact) mass is 236 g/mol. The fraction of sp³-hybridized carbons (Fsp3) is 0.400. The Kier molecular flexibility index (Phi) is 3.17. The highest BCUT2D eigenvalue weighted by molar-refractivity contribution is 4.90. The van der Waals surface area contributed by atoms with Gasteiger partial charge in [0.2, 0.25) is 5.89 Å². The van der Waals surface area contributed by atoms with Crippen molar-refractivity contribution in [2.24, 2.45) is 0 Å². The van der Waals surface area contributed by atoms with E-state index in [1.165, 1.54) is 16.8 Å². The van der Waals surface area contributed by atoms with Gasteiger partial charge in [0.15, 0.2) is 5.82 Å². The number of hydrogen-bond donors (Lipinski definition) is 1. The summed E-state index contributed by atoms with van der Waals surface area (Å²) in [5, 5.41) is 3.76. The minimum Gasteiger partial charge on any atom is -0.339 e. The van der Waals surface area contributed by atoms with Crippen molar-refractivity contribution in [1.29, 1.82) is 0 Å². The standard InChI is InChI=1S/C10H12N4O3/c1-2-3-9-11-7(13-17-9)6-14-5-4-8(15)12-10(14)16/h4-5H,2-3,6H2,1H3,(H,12,15,16). The van der Waals surface area contributed by atoms with Crippen LogP contribution in [0.3, 0.4) is 0 Å². The van der Waals surface area contributed by atoms with Gasteiger partial charge in [0, 0.05) is 18.7 Å². The van der Waals surface area contributed by atoms with Crippen molar-refractivity contribution in [3.63, 3.8) is 0 Å². The van der Waals surface area contributed by atoms with Gasteiger partial charge >= 0.3 is 5.69 Å². The molecule has 0 fully saturated rings. The lowest BCUT2D eigenvalue weighted by molar-refractivity contribution is 0.370. The summed E-state index contributed by atoms with van der Waals surface area (Å²) in [5.41, 5.74) is -0.912. The first kappa shape index (κ1) is 11.3. The summed E-state index contributed by atoms with van der Waals surface area (Å²) in [6.07, 6.45) is 3.03. The minimum atomic E-state index is -0.487. The number of nitrogens with zero attached hydrogens (tertiary/aromatic N) is 3. The van der Waals surface area contributed by atoms with Gasteiger partial charge in [-0.2, -0.15) is 4.98 Å². The van der Waals surface area contributed by atoms with E-state index in [-0.39, 0.29) is 6.54 Å². The quantitative estimate of drug-likeness (QED) is 0.801. The van der Waals surface area contributed by atoms with Crippen molar-refractivity contribution in [2.45, 2.75) is 26.3 Å². The molecule has 2 rings (SSSR count). The van der Waals surface area contributed by atoms with Crippen LogP contribution in [-0.4, -0.2) is 19.7 Å². The van der Waals surface area contributed by atoms with Crippen LogP contribution >= 0.6 is 0 Å². The second kappa shape index (κ2) is 4.77. The lowest BCUT2D eigenvalue weighted by Gasteiger charge is -1.98. The maximum Gasteiger partial charge on any atom is 0.328 e. The predicted molar refractivity (Wildman–Crippen MR) is 58.7 cm³/mol.